The maximum absolute atomic E-state index is 10.7. The lowest BCUT2D eigenvalue weighted by Gasteiger charge is -2.21. The van der Waals surface area contributed by atoms with Gasteiger partial charge in [0.2, 0.25) is 0 Å². The molecule has 1 atom stereocenters. The molecule has 1 unspecified atom stereocenters. The first-order valence-electron chi connectivity index (χ1n) is 4.16. The molecular weight excluding hydrogens is 170 g/mol. The highest BCUT2D eigenvalue weighted by Gasteiger charge is 2.23. The Morgan fingerprint density at radius 3 is 3.31 bits per heavy atom. The average molecular weight is 181 g/mol. The first kappa shape index (κ1) is 8.25. The monoisotopic (exact) mass is 181 g/mol. The third-order valence-electron chi connectivity index (χ3n) is 2.17. The highest BCUT2D eigenvalue weighted by molar-refractivity contribution is 5.73. The van der Waals surface area contributed by atoms with Gasteiger partial charge in [-0.1, -0.05) is 0 Å². The summed E-state index contributed by atoms with van der Waals surface area (Å²) < 4.78 is 1.75. The predicted molar refractivity (Wildman–Crippen MR) is 45.2 cm³/mol. The maximum Gasteiger partial charge on any atom is 0.322 e. The van der Waals surface area contributed by atoms with Crippen LogP contribution in [0.15, 0.2) is 6.07 Å². The van der Waals surface area contributed by atoms with Gasteiger partial charge in [-0.15, -0.1) is 0 Å². The van der Waals surface area contributed by atoms with Gasteiger partial charge in [0.05, 0.1) is 17.9 Å². The molecule has 70 valence electrons. The summed E-state index contributed by atoms with van der Waals surface area (Å²) in [4.78, 5) is 10.7. The van der Waals surface area contributed by atoms with E-state index in [-0.39, 0.29) is 0 Å². The Labute approximate surface area is 75.4 Å². The number of carboxylic acid groups (broad SMARTS) is 1. The van der Waals surface area contributed by atoms with E-state index in [0.717, 1.165) is 11.4 Å². The Balaban J connectivity index is 2.24. The van der Waals surface area contributed by atoms with Crippen molar-refractivity contribution in [3.8, 4) is 0 Å². The van der Waals surface area contributed by atoms with Crippen molar-refractivity contribution in [3.63, 3.8) is 0 Å². The molecule has 0 aromatic carbocycles. The molecule has 0 aliphatic carbocycles. The van der Waals surface area contributed by atoms with Crippen LogP contribution < -0.4 is 5.32 Å². The molecule has 0 radical (unpaired) electrons. The molecule has 0 amide bonds. The number of carbonyl (C=O) groups is 1. The Morgan fingerprint density at radius 2 is 2.62 bits per heavy atom. The zero-order valence-electron chi connectivity index (χ0n) is 7.32. The molecule has 1 aromatic rings. The Hall–Kier alpha value is -1.36. The zero-order chi connectivity index (χ0) is 9.42. The van der Waals surface area contributed by atoms with Crippen LogP contribution >= 0.6 is 0 Å². The molecule has 5 nitrogen and oxygen atoms in total. The molecule has 0 bridgehead atoms. The van der Waals surface area contributed by atoms with Crippen molar-refractivity contribution in [2.75, 3.05) is 0 Å². The smallest absolute Gasteiger partial charge is 0.322 e. The number of hydrogen-bond acceptors (Lipinski definition) is 3. The molecule has 2 N–H and O–H groups in total. The van der Waals surface area contributed by atoms with Gasteiger partial charge in [0.15, 0.2) is 0 Å². The Morgan fingerprint density at radius 1 is 1.85 bits per heavy atom. The van der Waals surface area contributed by atoms with Gasteiger partial charge in [-0.2, -0.15) is 5.10 Å². The van der Waals surface area contributed by atoms with Crippen LogP contribution in [0.25, 0.3) is 0 Å². The number of carboxylic acids is 1. The highest BCUT2D eigenvalue weighted by atomic mass is 16.4. The van der Waals surface area contributed by atoms with Gasteiger partial charge in [0, 0.05) is 6.54 Å². The van der Waals surface area contributed by atoms with E-state index < -0.39 is 12.0 Å². The molecule has 0 saturated heterocycles. The number of rotatable bonds is 1. The van der Waals surface area contributed by atoms with E-state index in [2.05, 4.69) is 10.4 Å². The predicted octanol–water partition coefficient (Wildman–Crippen LogP) is -0.252. The van der Waals surface area contributed by atoms with E-state index in [1.807, 2.05) is 13.0 Å². The van der Waals surface area contributed by atoms with Crippen LogP contribution in [0.2, 0.25) is 0 Å². The summed E-state index contributed by atoms with van der Waals surface area (Å²) in [6, 6.07) is 1.46. The second kappa shape index (κ2) is 2.85. The summed E-state index contributed by atoms with van der Waals surface area (Å²) in [7, 11) is 0. The molecule has 0 spiro atoms. The Kier molecular flexibility index (Phi) is 1.81. The van der Waals surface area contributed by atoms with Crippen LogP contribution in [-0.2, 0) is 17.9 Å². The van der Waals surface area contributed by atoms with Gasteiger partial charge >= 0.3 is 5.97 Å². The molecule has 2 heterocycles. The normalized spacial score (nSPS) is 21.2. The van der Waals surface area contributed by atoms with E-state index in [0.29, 0.717) is 13.1 Å². The molecule has 1 aliphatic rings. The number of fused-ring (bicyclic) bond motifs is 1. The van der Waals surface area contributed by atoms with Crippen molar-refractivity contribution in [3.05, 3.63) is 17.5 Å². The lowest BCUT2D eigenvalue weighted by Crippen LogP contribution is -2.44. The molecule has 0 saturated carbocycles. The molecule has 0 fully saturated rings. The van der Waals surface area contributed by atoms with Crippen LogP contribution in [0.1, 0.15) is 11.4 Å². The standard InChI is InChI=1S/C8H11N3O2/c1-5-2-6-3-9-7(8(12)13)4-11(6)10-5/h2,7,9H,3-4H2,1H3,(H,12,13). The minimum atomic E-state index is -0.821. The van der Waals surface area contributed by atoms with Crippen molar-refractivity contribution >= 4 is 5.97 Å². The van der Waals surface area contributed by atoms with E-state index >= 15 is 0 Å². The van der Waals surface area contributed by atoms with Crippen LogP contribution in [0.5, 0.6) is 0 Å². The van der Waals surface area contributed by atoms with E-state index in [4.69, 9.17) is 5.11 Å². The zero-order valence-corrected chi connectivity index (χ0v) is 7.32. The van der Waals surface area contributed by atoms with Gasteiger partial charge in [-0.05, 0) is 13.0 Å². The van der Waals surface area contributed by atoms with Crippen molar-refractivity contribution in [1.29, 1.82) is 0 Å². The fraction of sp³-hybridized carbons (Fsp3) is 0.500. The van der Waals surface area contributed by atoms with Gasteiger partial charge in [-0.3, -0.25) is 14.8 Å². The van der Waals surface area contributed by atoms with Crippen LogP contribution in [0.4, 0.5) is 0 Å². The van der Waals surface area contributed by atoms with Crippen LogP contribution in [0.3, 0.4) is 0 Å². The number of nitrogens with zero attached hydrogens (tertiary/aromatic N) is 2. The molecule has 1 aromatic heterocycles. The minimum absolute atomic E-state index is 0.415. The molecular formula is C8H11N3O2. The fourth-order valence-electron chi connectivity index (χ4n) is 1.53. The minimum Gasteiger partial charge on any atom is -0.480 e. The molecule has 13 heavy (non-hydrogen) atoms. The SMILES string of the molecule is Cc1cc2n(n1)CC(C(=O)O)NC2. The summed E-state index contributed by atoms with van der Waals surface area (Å²) >= 11 is 0. The highest BCUT2D eigenvalue weighted by Crippen LogP contribution is 2.09. The van der Waals surface area contributed by atoms with Gasteiger partial charge < -0.3 is 5.11 Å². The summed E-state index contributed by atoms with van der Waals surface area (Å²) in [6.45, 7) is 2.90. The molecule has 1 aliphatic heterocycles. The summed E-state index contributed by atoms with van der Waals surface area (Å²) in [5, 5.41) is 15.9. The van der Waals surface area contributed by atoms with Crippen LogP contribution in [-0.4, -0.2) is 26.9 Å². The fourth-order valence-corrected chi connectivity index (χ4v) is 1.53. The van der Waals surface area contributed by atoms with E-state index in [1.165, 1.54) is 0 Å². The third kappa shape index (κ3) is 1.42. The molecule has 5 heteroatoms. The quantitative estimate of drug-likeness (QED) is 0.626. The first-order chi connectivity index (χ1) is 6.16. The number of nitrogens with one attached hydrogen (secondary N) is 1. The second-order valence-electron chi connectivity index (χ2n) is 3.23. The van der Waals surface area contributed by atoms with Gasteiger partial charge in [0.25, 0.3) is 0 Å². The Bertz CT molecular complexity index is 345. The van der Waals surface area contributed by atoms with E-state index in [1.54, 1.807) is 4.68 Å². The first-order valence-corrected chi connectivity index (χ1v) is 4.16. The van der Waals surface area contributed by atoms with Crippen LogP contribution in [0, 0.1) is 6.92 Å². The molecule has 2 rings (SSSR count). The van der Waals surface area contributed by atoms with Crippen molar-refractivity contribution < 1.29 is 9.90 Å². The summed E-state index contributed by atoms with van der Waals surface area (Å²) in [5.74, 6) is -0.821. The third-order valence-corrected chi connectivity index (χ3v) is 2.17. The second-order valence-corrected chi connectivity index (χ2v) is 3.23. The number of hydrogen-bond donors (Lipinski definition) is 2. The van der Waals surface area contributed by atoms with Crippen molar-refractivity contribution in [1.82, 2.24) is 15.1 Å². The van der Waals surface area contributed by atoms with Crippen molar-refractivity contribution in [2.24, 2.45) is 0 Å². The number of aryl methyl sites for hydroxylation is 1. The lowest BCUT2D eigenvalue weighted by atomic mass is 10.2. The largest absolute Gasteiger partial charge is 0.480 e. The maximum atomic E-state index is 10.7. The summed E-state index contributed by atoms with van der Waals surface area (Å²) in [5.41, 5.74) is 1.98. The summed E-state index contributed by atoms with van der Waals surface area (Å²) in [6.07, 6.45) is 0. The van der Waals surface area contributed by atoms with Gasteiger partial charge in [0.1, 0.15) is 6.04 Å². The van der Waals surface area contributed by atoms with E-state index in [9.17, 15) is 4.79 Å². The van der Waals surface area contributed by atoms with Gasteiger partial charge in [-0.25, -0.2) is 0 Å². The topological polar surface area (TPSA) is 67.2 Å². The van der Waals surface area contributed by atoms with Crippen molar-refractivity contribution in [2.45, 2.75) is 26.1 Å². The number of aliphatic carboxylic acids is 1. The lowest BCUT2D eigenvalue weighted by molar-refractivity contribution is -0.140. The number of aromatic nitrogens is 2. The average Bonchev–Trinajstić information content (AvgIpc) is 2.42.